The van der Waals surface area contributed by atoms with Crippen molar-refractivity contribution in [3.05, 3.63) is 0 Å². The van der Waals surface area contributed by atoms with Crippen molar-refractivity contribution in [3.63, 3.8) is 0 Å². The van der Waals surface area contributed by atoms with Gasteiger partial charge in [0.2, 0.25) is 5.91 Å². The van der Waals surface area contributed by atoms with Crippen LogP contribution >= 0.6 is 0 Å². The van der Waals surface area contributed by atoms with Crippen molar-refractivity contribution in [2.24, 2.45) is 0 Å². The zero-order valence-corrected chi connectivity index (χ0v) is 19.7. The number of hydrogen-bond acceptors (Lipinski definition) is 2. The third kappa shape index (κ3) is 20.2. The molecule has 1 amide bonds. The zero-order chi connectivity index (χ0) is 20.7. The van der Waals surface area contributed by atoms with Crippen LogP contribution in [-0.4, -0.2) is 24.0 Å². The van der Waals surface area contributed by atoms with Gasteiger partial charge in [-0.3, -0.25) is 10.2 Å². The lowest BCUT2D eigenvalue weighted by molar-refractivity contribution is -0.126. The fourth-order valence-corrected chi connectivity index (χ4v) is 3.81. The van der Waals surface area contributed by atoms with Crippen LogP contribution in [0.25, 0.3) is 0 Å². The standard InChI is InChI=1S/C25H52N2O/c1-4-7-8-9-10-11-12-13-14-15-16-17-18-19-20-21-22-23-25(28)26-27(6-3)24-5-2/h4-24H2,1-3H3,(H,26,28). The minimum atomic E-state index is 0.191. The molecule has 0 radical (unpaired) electrons. The zero-order valence-electron chi connectivity index (χ0n) is 19.7. The number of carbonyl (C=O) groups is 1. The number of hydrazine groups is 1. The van der Waals surface area contributed by atoms with Crippen LogP contribution in [0.3, 0.4) is 0 Å². The van der Waals surface area contributed by atoms with Gasteiger partial charge in [0.25, 0.3) is 0 Å². The predicted molar refractivity (Wildman–Crippen MR) is 124 cm³/mol. The van der Waals surface area contributed by atoms with Crippen LogP contribution in [0.15, 0.2) is 0 Å². The molecule has 0 aromatic carbocycles. The largest absolute Gasteiger partial charge is 0.289 e. The first-order valence-electron chi connectivity index (χ1n) is 12.8. The summed E-state index contributed by atoms with van der Waals surface area (Å²) >= 11 is 0. The molecule has 0 aromatic heterocycles. The van der Waals surface area contributed by atoms with Crippen LogP contribution in [0.4, 0.5) is 0 Å². The highest BCUT2D eigenvalue weighted by molar-refractivity contribution is 5.75. The van der Waals surface area contributed by atoms with Gasteiger partial charge in [-0.1, -0.05) is 124 Å². The first kappa shape index (κ1) is 27.4. The van der Waals surface area contributed by atoms with Gasteiger partial charge in [0.15, 0.2) is 0 Å². The van der Waals surface area contributed by atoms with E-state index in [4.69, 9.17) is 0 Å². The molecule has 0 atom stereocenters. The molecule has 0 spiro atoms. The second-order valence-electron chi connectivity index (χ2n) is 8.52. The number of amides is 1. The SMILES string of the molecule is CCCCCCCCCCCCCCCCCCCC(=O)NN(CC)CCC. The van der Waals surface area contributed by atoms with Crippen molar-refractivity contribution in [2.45, 2.75) is 143 Å². The highest BCUT2D eigenvalue weighted by Gasteiger charge is 2.05. The molecule has 28 heavy (non-hydrogen) atoms. The molecular weight excluding hydrogens is 344 g/mol. The Bertz CT molecular complexity index is 320. The molecule has 0 aromatic rings. The molecule has 0 aliphatic heterocycles. The normalized spacial score (nSPS) is 11.3. The van der Waals surface area contributed by atoms with Crippen LogP contribution in [0.1, 0.15) is 143 Å². The number of rotatable bonds is 22. The van der Waals surface area contributed by atoms with Gasteiger partial charge >= 0.3 is 0 Å². The molecular formula is C25H52N2O. The predicted octanol–water partition coefficient (Wildman–Crippen LogP) is 7.79. The smallest absolute Gasteiger partial charge is 0.234 e. The quantitative estimate of drug-likeness (QED) is 0.150. The van der Waals surface area contributed by atoms with Gasteiger partial charge in [-0.2, -0.15) is 0 Å². The van der Waals surface area contributed by atoms with E-state index in [0.29, 0.717) is 6.42 Å². The molecule has 3 heteroatoms. The van der Waals surface area contributed by atoms with E-state index in [1.54, 1.807) is 0 Å². The highest BCUT2D eigenvalue weighted by atomic mass is 16.2. The van der Waals surface area contributed by atoms with Crippen LogP contribution in [0, 0.1) is 0 Å². The molecule has 0 aliphatic rings. The number of hydrogen-bond donors (Lipinski definition) is 1. The minimum Gasteiger partial charge on any atom is -0.289 e. The first-order valence-corrected chi connectivity index (χ1v) is 12.8. The van der Waals surface area contributed by atoms with Gasteiger partial charge < -0.3 is 0 Å². The van der Waals surface area contributed by atoms with E-state index in [2.05, 4.69) is 26.2 Å². The molecule has 0 bridgehead atoms. The van der Waals surface area contributed by atoms with E-state index < -0.39 is 0 Å². The van der Waals surface area contributed by atoms with Gasteiger partial charge in [0.1, 0.15) is 0 Å². The summed E-state index contributed by atoms with van der Waals surface area (Å²) in [6.07, 6.45) is 25.2. The second kappa shape index (κ2) is 22.7. The van der Waals surface area contributed by atoms with Crippen molar-refractivity contribution in [1.82, 2.24) is 10.4 Å². The van der Waals surface area contributed by atoms with E-state index >= 15 is 0 Å². The maximum atomic E-state index is 11.9. The third-order valence-electron chi connectivity index (χ3n) is 5.67. The molecule has 0 fully saturated rings. The van der Waals surface area contributed by atoms with Crippen molar-refractivity contribution in [3.8, 4) is 0 Å². The van der Waals surface area contributed by atoms with Gasteiger partial charge in [-0.05, 0) is 12.8 Å². The molecule has 168 valence electrons. The lowest BCUT2D eigenvalue weighted by Crippen LogP contribution is -2.42. The molecule has 0 heterocycles. The molecule has 0 unspecified atom stereocenters. The summed E-state index contributed by atoms with van der Waals surface area (Å²) in [6, 6.07) is 0. The van der Waals surface area contributed by atoms with Crippen molar-refractivity contribution in [1.29, 1.82) is 0 Å². The van der Waals surface area contributed by atoms with Gasteiger partial charge in [-0.25, -0.2) is 5.01 Å². The first-order chi connectivity index (χ1) is 13.7. The third-order valence-corrected chi connectivity index (χ3v) is 5.67. The number of nitrogens with zero attached hydrogens (tertiary/aromatic N) is 1. The molecule has 0 saturated heterocycles. The van der Waals surface area contributed by atoms with Gasteiger partial charge in [0.05, 0.1) is 0 Å². The maximum Gasteiger partial charge on any atom is 0.234 e. The lowest BCUT2D eigenvalue weighted by atomic mass is 10.0. The number of carbonyl (C=O) groups excluding carboxylic acids is 1. The Labute approximate surface area is 177 Å². The number of nitrogens with one attached hydrogen (secondary N) is 1. The summed E-state index contributed by atoms with van der Waals surface area (Å²) in [5.41, 5.74) is 3.02. The fourth-order valence-electron chi connectivity index (χ4n) is 3.81. The van der Waals surface area contributed by atoms with E-state index in [1.165, 1.54) is 103 Å². The molecule has 1 N–H and O–H groups in total. The van der Waals surface area contributed by atoms with Crippen molar-refractivity contribution >= 4 is 5.91 Å². The Morgan fingerprint density at radius 1 is 0.571 bits per heavy atom. The monoisotopic (exact) mass is 396 g/mol. The van der Waals surface area contributed by atoms with Gasteiger partial charge in [-0.15, -0.1) is 0 Å². The van der Waals surface area contributed by atoms with E-state index in [0.717, 1.165) is 25.9 Å². The van der Waals surface area contributed by atoms with Crippen LogP contribution in [-0.2, 0) is 4.79 Å². The van der Waals surface area contributed by atoms with Crippen LogP contribution in [0.5, 0.6) is 0 Å². The highest BCUT2D eigenvalue weighted by Crippen LogP contribution is 2.14. The minimum absolute atomic E-state index is 0.191. The Morgan fingerprint density at radius 3 is 1.32 bits per heavy atom. The summed E-state index contributed by atoms with van der Waals surface area (Å²) in [5.74, 6) is 0.191. The van der Waals surface area contributed by atoms with E-state index in [9.17, 15) is 4.79 Å². The maximum absolute atomic E-state index is 11.9. The summed E-state index contributed by atoms with van der Waals surface area (Å²) in [5, 5.41) is 2.02. The summed E-state index contributed by atoms with van der Waals surface area (Å²) in [4.78, 5) is 11.9. The Morgan fingerprint density at radius 2 is 0.964 bits per heavy atom. The second-order valence-corrected chi connectivity index (χ2v) is 8.52. The van der Waals surface area contributed by atoms with E-state index in [1.807, 2.05) is 5.01 Å². The van der Waals surface area contributed by atoms with E-state index in [-0.39, 0.29) is 5.91 Å². The fraction of sp³-hybridized carbons (Fsp3) is 0.960. The lowest BCUT2D eigenvalue weighted by Gasteiger charge is -2.20. The average molecular weight is 397 g/mol. The summed E-state index contributed by atoms with van der Waals surface area (Å²) < 4.78 is 0. The Kier molecular flexibility index (Phi) is 22.3. The number of unbranched alkanes of at least 4 members (excludes halogenated alkanes) is 16. The molecule has 0 aliphatic carbocycles. The van der Waals surface area contributed by atoms with Crippen molar-refractivity contribution < 1.29 is 4.79 Å². The summed E-state index contributed by atoms with van der Waals surface area (Å²) in [7, 11) is 0. The summed E-state index contributed by atoms with van der Waals surface area (Å²) in [6.45, 7) is 8.35. The van der Waals surface area contributed by atoms with Crippen LogP contribution < -0.4 is 5.43 Å². The topological polar surface area (TPSA) is 32.3 Å². The Hall–Kier alpha value is -0.570. The average Bonchev–Trinajstić information content (AvgIpc) is 2.70. The Balaban J connectivity index is 3.20. The van der Waals surface area contributed by atoms with Crippen LogP contribution in [0.2, 0.25) is 0 Å². The van der Waals surface area contributed by atoms with Crippen molar-refractivity contribution in [2.75, 3.05) is 13.1 Å². The molecule has 0 rings (SSSR count). The molecule has 3 nitrogen and oxygen atoms in total. The van der Waals surface area contributed by atoms with Gasteiger partial charge in [0, 0.05) is 19.5 Å². The molecule has 0 saturated carbocycles.